The van der Waals surface area contributed by atoms with Crippen LogP contribution in [-0.4, -0.2) is 29.0 Å². The molecule has 112 valence electrons. The van der Waals surface area contributed by atoms with Crippen molar-refractivity contribution >= 4 is 27.5 Å². The molecule has 2 aliphatic rings. The van der Waals surface area contributed by atoms with Gasteiger partial charge in [0, 0.05) is 34.7 Å². The van der Waals surface area contributed by atoms with Gasteiger partial charge in [-0.2, -0.15) is 0 Å². The Hall–Kier alpha value is -1.47. The van der Waals surface area contributed by atoms with Crippen molar-refractivity contribution in [2.45, 2.75) is 43.8 Å². The molecule has 21 heavy (non-hydrogen) atoms. The van der Waals surface area contributed by atoms with E-state index in [1.54, 1.807) is 0 Å². The summed E-state index contributed by atoms with van der Waals surface area (Å²) in [4.78, 5) is 22.5. The first-order valence-electron chi connectivity index (χ1n) is 7.04. The van der Waals surface area contributed by atoms with Gasteiger partial charge in [-0.3, -0.25) is 14.9 Å². The molecule has 0 aromatic heterocycles. The van der Waals surface area contributed by atoms with Crippen molar-refractivity contribution in [2.24, 2.45) is 0 Å². The van der Waals surface area contributed by atoms with Crippen LogP contribution in [0.15, 0.2) is 22.7 Å². The minimum Gasteiger partial charge on any atom is -0.349 e. The predicted octanol–water partition coefficient (Wildman–Crippen LogP) is 2.37. The zero-order valence-electron chi connectivity index (χ0n) is 11.3. The van der Waals surface area contributed by atoms with E-state index in [2.05, 4.69) is 26.6 Å². The van der Waals surface area contributed by atoms with Crippen molar-refractivity contribution in [3.63, 3.8) is 0 Å². The molecule has 7 heteroatoms. The van der Waals surface area contributed by atoms with Crippen molar-refractivity contribution in [2.75, 3.05) is 0 Å². The van der Waals surface area contributed by atoms with Crippen LogP contribution in [0, 0.1) is 10.1 Å². The number of carbonyl (C=O) groups excluding carboxylic acids is 1. The van der Waals surface area contributed by atoms with E-state index in [0.29, 0.717) is 22.1 Å². The monoisotopic (exact) mass is 353 g/mol. The van der Waals surface area contributed by atoms with Gasteiger partial charge in [-0.25, -0.2) is 0 Å². The number of nitro groups is 1. The number of non-ortho nitro benzene ring substituents is 1. The topological polar surface area (TPSA) is 84.3 Å². The second-order valence-corrected chi connectivity index (χ2v) is 6.56. The number of hydrogen-bond donors (Lipinski definition) is 2. The second-order valence-electron chi connectivity index (χ2n) is 5.70. The molecule has 6 nitrogen and oxygen atoms in total. The van der Waals surface area contributed by atoms with Crippen LogP contribution in [0.3, 0.4) is 0 Å². The van der Waals surface area contributed by atoms with Gasteiger partial charge >= 0.3 is 0 Å². The average molecular weight is 354 g/mol. The Kier molecular flexibility index (Phi) is 3.95. The van der Waals surface area contributed by atoms with Crippen LogP contribution in [-0.2, 0) is 0 Å². The number of piperidine rings is 1. The Morgan fingerprint density at radius 2 is 2.00 bits per heavy atom. The SMILES string of the molecule is O=C(NC1CC2CCC(C1)N2)c1ccc([N+](=O)[O-])cc1Br. The molecule has 2 fully saturated rings. The van der Waals surface area contributed by atoms with Gasteiger partial charge in [-0.1, -0.05) is 0 Å². The fourth-order valence-corrected chi connectivity index (χ4v) is 3.79. The van der Waals surface area contributed by atoms with Gasteiger partial charge in [0.05, 0.1) is 10.5 Å². The second kappa shape index (κ2) is 5.73. The van der Waals surface area contributed by atoms with E-state index in [-0.39, 0.29) is 17.6 Å². The normalized spacial score (nSPS) is 27.4. The van der Waals surface area contributed by atoms with E-state index in [9.17, 15) is 14.9 Å². The van der Waals surface area contributed by atoms with Crippen molar-refractivity contribution in [3.05, 3.63) is 38.3 Å². The van der Waals surface area contributed by atoms with Crippen LogP contribution in [0.5, 0.6) is 0 Å². The molecule has 2 unspecified atom stereocenters. The number of nitrogens with one attached hydrogen (secondary N) is 2. The first kappa shape index (κ1) is 14.5. The van der Waals surface area contributed by atoms with Crippen LogP contribution in [0.1, 0.15) is 36.0 Å². The maximum absolute atomic E-state index is 12.3. The summed E-state index contributed by atoms with van der Waals surface area (Å²) in [6.07, 6.45) is 4.26. The van der Waals surface area contributed by atoms with Crippen LogP contribution in [0.25, 0.3) is 0 Å². The zero-order valence-corrected chi connectivity index (χ0v) is 12.9. The van der Waals surface area contributed by atoms with Crippen LogP contribution in [0.4, 0.5) is 5.69 Å². The van der Waals surface area contributed by atoms with Crippen molar-refractivity contribution in [3.8, 4) is 0 Å². The minimum absolute atomic E-state index is 0.0293. The standard InChI is InChI=1S/C14H16BrN3O3/c15-13-7-11(18(20)21)3-4-12(13)14(19)17-10-5-8-1-2-9(6-10)16-8/h3-4,7-10,16H,1-2,5-6H2,(H,17,19). The Balaban J connectivity index is 1.69. The van der Waals surface area contributed by atoms with E-state index < -0.39 is 4.92 Å². The number of benzene rings is 1. The zero-order chi connectivity index (χ0) is 15.0. The maximum Gasteiger partial charge on any atom is 0.270 e. The Bertz CT molecular complexity index is 581. The molecule has 0 radical (unpaired) electrons. The summed E-state index contributed by atoms with van der Waals surface area (Å²) in [6, 6.07) is 5.40. The quantitative estimate of drug-likeness (QED) is 0.645. The third kappa shape index (κ3) is 3.08. The average Bonchev–Trinajstić information content (AvgIpc) is 2.77. The molecule has 0 aliphatic carbocycles. The van der Waals surface area contributed by atoms with Crippen LogP contribution < -0.4 is 10.6 Å². The van der Waals surface area contributed by atoms with Gasteiger partial charge in [0.1, 0.15) is 0 Å². The molecule has 3 rings (SSSR count). The van der Waals surface area contributed by atoms with E-state index in [0.717, 1.165) is 12.8 Å². The third-order valence-corrected chi connectivity index (χ3v) is 4.87. The molecular formula is C14H16BrN3O3. The first-order valence-corrected chi connectivity index (χ1v) is 7.83. The Morgan fingerprint density at radius 1 is 1.33 bits per heavy atom. The summed E-state index contributed by atoms with van der Waals surface area (Å²) in [7, 11) is 0. The third-order valence-electron chi connectivity index (χ3n) is 4.22. The smallest absolute Gasteiger partial charge is 0.270 e. The summed E-state index contributed by atoms with van der Waals surface area (Å²) in [6.45, 7) is 0. The number of amides is 1. The molecule has 2 bridgehead atoms. The number of fused-ring (bicyclic) bond motifs is 2. The van der Waals surface area contributed by atoms with E-state index >= 15 is 0 Å². The van der Waals surface area contributed by atoms with Gasteiger partial charge < -0.3 is 10.6 Å². The largest absolute Gasteiger partial charge is 0.349 e. The van der Waals surface area contributed by atoms with Gasteiger partial charge in [0.25, 0.3) is 11.6 Å². The van der Waals surface area contributed by atoms with Crippen LogP contribution in [0.2, 0.25) is 0 Å². The number of nitrogens with zero attached hydrogens (tertiary/aromatic N) is 1. The van der Waals surface area contributed by atoms with Gasteiger partial charge in [-0.15, -0.1) is 0 Å². The molecule has 1 aromatic carbocycles. The predicted molar refractivity (Wildman–Crippen MR) is 81.2 cm³/mol. The number of hydrogen-bond acceptors (Lipinski definition) is 4. The lowest BCUT2D eigenvalue weighted by molar-refractivity contribution is -0.384. The van der Waals surface area contributed by atoms with E-state index in [4.69, 9.17) is 0 Å². The number of nitro benzene ring substituents is 1. The molecular weight excluding hydrogens is 338 g/mol. The molecule has 1 amide bonds. The highest BCUT2D eigenvalue weighted by molar-refractivity contribution is 9.10. The lowest BCUT2D eigenvalue weighted by Gasteiger charge is -2.29. The molecule has 2 atom stereocenters. The fraction of sp³-hybridized carbons (Fsp3) is 0.500. The summed E-state index contributed by atoms with van der Waals surface area (Å²) in [5.41, 5.74) is 0.407. The highest BCUT2D eigenvalue weighted by Gasteiger charge is 2.34. The summed E-state index contributed by atoms with van der Waals surface area (Å²) >= 11 is 3.24. The van der Waals surface area contributed by atoms with Gasteiger partial charge in [0.2, 0.25) is 0 Å². The fourth-order valence-electron chi connectivity index (χ4n) is 3.24. The first-order chi connectivity index (χ1) is 10.0. The molecule has 0 saturated carbocycles. The van der Waals surface area contributed by atoms with E-state index in [1.807, 2.05) is 0 Å². The molecule has 2 N–H and O–H groups in total. The highest BCUT2D eigenvalue weighted by atomic mass is 79.9. The number of carbonyl (C=O) groups is 1. The van der Waals surface area contributed by atoms with Crippen molar-refractivity contribution in [1.29, 1.82) is 0 Å². The lowest BCUT2D eigenvalue weighted by atomic mass is 9.99. The van der Waals surface area contributed by atoms with Crippen LogP contribution >= 0.6 is 15.9 Å². The van der Waals surface area contributed by atoms with Crippen molar-refractivity contribution in [1.82, 2.24) is 10.6 Å². The lowest BCUT2D eigenvalue weighted by Crippen LogP contribution is -2.48. The molecule has 2 saturated heterocycles. The molecule has 1 aromatic rings. The maximum atomic E-state index is 12.3. The highest BCUT2D eigenvalue weighted by Crippen LogP contribution is 2.28. The number of halogens is 1. The Labute approximate surface area is 130 Å². The number of rotatable bonds is 3. The van der Waals surface area contributed by atoms with Crippen molar-refractivity contribution < 1.29 is 9.72 Å². The molecule has 0 spiro atoms. The minimum atomic E-state index is -0.475. The summed E-state index contributed by atoms with van der Waals surface area (Å²) < 4.78 is 0.450. The molecule has 2 aliphatic heterocycles. The summed E-state index contributed by atoms with van der Waals surface area (Å²) in [5, 5.41) is 17.3. The van der Waals surface area contributed by atoms with Gasteiger partial charge in [0.15, 0.2) is 0 Å². The van der Waals surface area contributed by atoms with Gasteiger partial charge in [-0.05, 0) is 47.7 Å². The summed E-state index contributed by atoms with van der Waals surface area (Å²) in [5.74, 6) is -0.178. The Morgan fingerprint density at radius 3 is 2.57 bits per heavy atom. The molecule has 2 heterocycles. The van der Waals surface area contributed by atoms with E-state index in [1.165, 1.54) is 31.0 Å².